The summed E-state index contributed by atoms with van der Waals surface area (Å²) in [6.45, 7) is 2.42. The van der Waals surface area contributed by atoms with Crippen molar-refractivity contribution in [1.29, 1.82) is 0 Å². The van der Waals surface area contributed by atoms with Gasteiger partial charge in [0.1, 0.15) is 0 Å². The van der Waals surface area contributed by atoms with Gasteiger partial charge in [0.05, 0.1) is 10.7 Å². The second-order valence-corrected chi connectivity index (χ2v) is 3.71. The van der Waals surface area contributed by atoms with E-state index in [1.807, 2.05) is 0 Å². The quantitative estimate of drug-likeness (QED) is 0.712. The largest absolute Gasteiger partial charge is 0.396 e. The number of aromatic nitrogens is 1. The van der Waals surface area contributed by atoms with Crippen molar-refractivity contribution in [1.82, 2.24) is 4.98 Å². The molecule has 0 aliphatic heterocycles. The average Bonchev–Trinajstić information content (AvgIpc) is 2.53. The molecule has 0 amide bonds. The Morgan fingerprint density at radius 1 is 1.50 bits per heavy atom. The fourth-order valence-electron chi connectivity index (χ4n) is 1.01. The van der Waals surface area contributed by atoms with E-state index in [-0.39, 0.29) is 0 Å². The molecule has 0 bridgehead atoms. The van der Waals surface area contributed by atoms with E-state index in [2.05, 4.69) is 17.3 Å². The molecular formula is C9H15NOS. The number of aryl methyl sites for hydroxylation is 2. The summed E-state index contributed by atoms with van der Waals surface area (Å²) in [4.78, 5) is 4.44. The third-order valence-corrected chi connectivity index (χ3v) is 2.72. The van der Waals surface area contributed by atoms with Gasteiger partial charge in [0.15, 0.2) is 0 Å². The first-order valence-electron chi connectivity index (χ1n) is 4.41. The van der Waals surface area contributed by atoms with E-state index >= 15 is 0 Å². The number of nitrogens with zero attached hydrogens (tertiary/aromatic N) is 1. The zero-order valence-corrected chi connectivity index (χ0v) is 8.23. The molecule has 0 saturated heterocycles. The Kier molecular flexibility index (Phi) is 4.25. The highest BCUT2D eigenvalue weighted by atomic mass is 32.1. The molecule has 0 aromatic carbocycles. The minimum Gasteiger partial charge on any atom is -0.396 e. The van der Waals surface area contributed by atoms with Crippen LogP contribution in [-0.2, 0) is 12.8 Å². The van der Waals surface area contributed by atoms with Gasteiger partial charge in [0.2, 0.25) is 0 Å². The Bertz CT molecular complexity index is 222. The Balaban J connectivity index is 2.31. The van der Waals surface area contributed by atoms with E-state index in [1.54, 1.807) is 11.3 Å². The predicted octanol–water partition coefficient (Wildman–Crippen LogP) is 2.02. The molecule has 0 aliphatic carbocycles. The van der Waals surface area contributed by atoms with Crippen LogP contribution in [0.2, 0.25) is 0 Å². The molecule has 0 saturated carbocycles. The highest BCUT2D eigenvalue weighted by Gasteiger charge is 1.99. The Labute approximate surface area is 77.3 Å². The molecule has 1 N–H and O–H groups in total. The van der Waals surface area contributed by atoms with E-state index < -0.39 is 0 Å². The normalized spacial score (nSPS) is 10.5. The molecular weight excluding hydrogens is 170 g/mol. The minimum absolute atomic E-state index is 0.298. The van der Waals surface area contributed by atoms with Gasteiger partial charge in [-0.1, -0.05) is 6.92 Å². The Morgan fingerprint density at radius 3 is 2.92 bits per heavy atom. The molecule has 0 unspecified atom stereocenters. The van der Waals surface area contributed by atoms with Crippen molar-refractivity contribution in [2.75, 3.05) is 6.61 Å². The van der Waals surface area contributed by atoms with Crippen molar-refractivity contribution in [3.63, 3.8) is 0 Å². The van der Waals surface area contributed by atoms with Gasteiger partial charge in [0, 0.05) is 12.0 Å². The van der Waals surface area contributed by atoms with E-state index in [0.717, 1.165) is 25.7 Å². The van der Waals surface area contributed by atoms with E-state index in [4.69, 9.17) is 5.11 Å². The van der Waals surface area contributed by atoms with Crippen molar-refractivity contribution in [2.45, 2.75) is 32.6 Å². The topological polar surface area (TPSA) is 33.1 Å². The first kappa shape index (κ1) is 9.68. The molecule has 12 heavy (non-hydrogen) atoms. The third-order valence-electron chi connectivity index (χ3n) is 1.76. The fraction of sp³-hybridized carbons (Fsp3) is 0.667. The molecule has 0 fully saturated rings. The van der Waals surface area contributed by atoms with Crippen molar-refractivity contribution in [2.24, 2.45) is 0 Å². The molecule has 0 spiro atoms. The van der Waals surface area contributed by atoms with Crippen LogP contribution in [0.3, 0.4) is 0 Å². The molecule has 1 aromatic heterocycles. The Morgan fingerprint density at radius 2 is 2.33 bits per heavy atom. The number of hydrogen-bond donors (Lipinski definition) is 1. The van der Waals surface area contributed by atoms with Gasteiger partial charge in [-0.2, -0.15) is 0 Å². The summed E-state index contributed by atoms with van der Waals surface area (Å²) in [6.07, 6.45) is 3.98. The number of aliphatic hydroxyl groups excluding tert-OH is 1. The second kappa shape index (κ2) is 5.27. The molecule has 3 heteroatoms. The lowest BCUT2D eigenvalue weighted by Gasteiger charge is -1.93. The van der Waals surface area contributed by atoms with Gasteiger partial charge in [-0.3, -0.25) is 0 Å². The van der Waals surface area contributed by atoms with Gasteiger partial charge >= 0.3 is 0 Å². The maximum Gasteiger partial charge on any atom is 0.0928 e. The summed E-state index contributed by atoms with van der Waals surface area (Å²) < 4.78 is 0. The second-order valence-electron chi connectivity index (χ2n) is 2.77. The fourth-order valence-corrected chi connectivity index (χ4v) is 1.94. The van der Waals surface area contributed by atoms with Gasteiger partial charge in [-0.05, 0) is 25.7 Å². The first-order chi connectivity index (χ1) is 5.86. The summed E-state index contributed by atoms with van der Waals surface area (Å²) in [7, 11) is 0. The predicted molar refractivity (Wildman–Crippen MR) is 51.5 cm³/mol. The molecule has 1 aromatic rings. The van der Waals surface area contributed by atoms with Gasteiger partial charge < -0.3 is 5.11 Å². The summed E-state index contributed by atoms with van der Waals surface area (Å²) in [6, 6.07) is 0. The van der Waals surface area contributed by atoms with E-state index in [0.29, 0.717) is 6.61 Å². The lowest BCUT2D eigenvalue weighted by Crippen LogP contribution is -1.88. The smallest absolute Gasteiger partial charge is 0.0928 e. The lowest BCUT2D eigenvalue weighted by molar-refractivity contribution is 0.284. The van der Waals surface area contributed by atoms with Gasteiger partial charge in [0.25, 0.3) is 0 Å². The number of thiazole rings is 1. The number of unbranched alkanes of at least 4 members (excludes halogenated alkanes) is 1. The van der Waals surface area contributed by atoms with Crippen LogP contribution in [0.4, 0.5) is 0 Å². The monoisotopic (exact) mass is 185 g/mol. The van der Waals surface area contributed by atoms with Crippen LogP contribution >= 0.6 is 11.3 Å². The zero-order valence-electron chi connectivity index (χ0n) is 7.42. The van der Waals surface area contributed by atoms with Crippen LogP contribution in [0.1, 0.15) is 30.5 Å². The van der Waals surface area contributed by atoms with Crippen LogP contribution in [0.5, 0.6) is 0 Å². The van der Waals surface area contributed by atoms with E-state index in [9.17, 15) is 0 Å². The summed E-state index contributed by atoms with van der Waals surface area (Å²) >= 11 is 1.73. The third kappa shape index (κ3) is 2.91. The molecule has 1 heterocycles. The van der Waals surface area contributed by atoms with Crippen LogP contribution in [-0.4, -0.2) is 16.7 Å². The molecule has 0 atom stereocenters. The van der Waals surface area contributed by atoms with E-state index in [1.165, 1.54) is 10.7 Å². The first-order valence-corrected chi connectivity index (χ1v) is 5.29. The summed E-state index contributed by atoms with van der Waals surface area (Å²) in [5, 5.41) is 11.9. The Hall–Kier alpha value is -0.410. The zero-order chi connectivity index (χ0) is 8.81. The van der Waals surface area contributed by atoms with Crippen LogP contribution in [0, 0.1) is 0 Å². The minimum atomic E-state index is 0.298. The molecule has 0 aliphatic rings. The summed E-state index contributed by atoms with van der Waals surface area (Å²) in [5.74, 6) is 0. The standard InChI is InChI=1S/C9H15NOS/c1-2-8-7-12-9(10-8)5-3-4-6-11/h7,11H,2-6H2,1H3. The van der Waals surface area contributed by atoms with Crippen molar-refractivity contribution in [3.05, 3.63) is 16.1 Å². The van der Waals surface area contributed by atoms with Gasteiger partial charge in [-0.25, -0.2) is 4.98 Å². The SMILES string of the molecule is CCc1csc(CCCCO)n1. The number of rotatable bonds is 5. The number of aliphatic hydroxyl groups is 1. The maximum absolute atomic E-state index is 8.58. The number of hydrogen-bond acceptors (Lipinski definition) is 3. The summed E-state index contributed by atoms with van der Waals surface area (Å²) in [5.41, 5.74) is 1.19. The van der Waals surface area contributed by atoms with Crippen molar-refractivity contribution >= 4 is 11.3 Å². The molecule has 2 nitrogen and oxygen atoms in total. The van der Waals surface area contributed by atoms with Crippen molar-refractivity contribution in [3.8, 4) is 0 Å². The molecule has 1 rings (SSSR count). The lowest BCUT2D eigenvalue weighted by atomic mass is 10.2. The highest BCUT2D eigenvalue weighted by Crippen LogP contribution is 2.12. The van der Waals surface area contributed by atoms with Crippen LogP contribution < -0.4 is 0 Å². The maximum atomic E-state index is 8.58. The van der Waals surface area contributed by atoms with Gasteiger partial charge in [-0.15, -0.1) is 11.3 Å². The van der Waals surface area contributed by atoms with Crippen LogP contribution in [0.15, 0.2) is 5.38 Å². The van der Waals surface area contributed by atoms with Crippen molar-refractivity contribution < 1.29 is 5.11 Å². The molecule has 0 radical (unpaired) electrons. The molecule has 68 valence electrons. The average molecular weight is 185 g/mol. The van der Waals surface area contributed by atoms with Crippen LogP contribution in [0.25, 0.3) is 0 Å². The highest BCUT2D eigenvalue weighted by molar-refractivity contribution is 7.09.